The van der Waals surface area contributed by atoms with Crippen LogP contribution in [0.5, 0.6) is 0 Å². The van der Waals surface area contributed by atoms with E-state index >= 15 is 0 Å². The van der Waals surface area contributed by atoms with Crippen molar-refractivity contribution in [1.29, 1.82) is 0 Å². The summed E-state index contributed by atoms with van der Waals surface area (Å²) in [6.07, 6.45) is -0.718. The van der Waals surface area contributed by atoms with E-state index in [0.29, 0.717) is 13.2 Å². The number of amides is 3. The van der Waals surface area contributed by atoms with Gasteiger partial charge >= 0.3 is 6.03 Å². The molecule has 0 saturated carbocycles. The van der Waals surface area contributed by atoms with Crippen LogP contribution < -0.4 is 11.1 Å². The van der Waals surface area contributed by atoms with E-state index in [-0.39, 0.29) is 18.6 Å². The van der Waals surface area contributed by atoms with Gasteiger partial charge in [0.05, 0.1) is 19.2 Å². The molecule has 3 N–H and O–H groups in total. The summed E-state index contributed by atoms with van der Waals surface area (Å²) in [4.78, 5) is 27.4. The number of carbonyl (C=O) groups is 2. The van der Waals surface area contributed by atoms with Crippen LogP contribution in [-0.2, 0) is 9.53 Å². The number of aryl methyl sites for hydroxylation is 2. The molecule has 1 aromatic heterocycles. The van der Waals surface area contributed by atoms with Gasteiger partial charge in [0, 0.05) is 16.3 Å². The molecule has 7 heteroatoms. The van der Waals surface area contributed by atoms with Gasteiger partial charge in [0.15, 0.2) is 6.10 Å². The van der Waals surface area contributed by atoms with Crippen LogP contribution in [0.1, 0.15) is 28.3 Å². The van der Waals surface area contributed by atoms with E-state index in [0.717, 1.165) is 5.56 Å². The van der Waals surface area contributed by atoms with E-state index in [1.807, 2.05) is 13.8 Å². The Morgan fingerprint density at radius 2 is 2.24 bits per heavy atom. The van der Waals surface area contributed by atoms with Crippen molar-refractivity contribution in [3.05, 3.63) is 21.4 Å². The van der Waals surface area contributed by atoms with Gasteiger partial charge in [0.1, 0.15) is 0 Å². The second-order valence-corrected chi connectivity index (χ2v) is 6.71. The second-order valence-electron chi connectivity index (χ2n) is 5.25. The maximum atomic E-state index is 12.3. The Balaban J connectivity index is 1.97. The number of rotatable bonds is 3. The Morgan fingerprint density at radius 1 is 1.52 bits per heavy atom. The number of hydrogen-bond donors (Lipinski definition) is 2. The molecule has 1 saturated heterocycles. The van der Waals surface area contributed by atoms with Crippen LogP contribution in [0.15, 0.2) is 6.07 Å². The number of nitrogens with one attached hydrogen (secondary N) is 1. The van der Waals surface area contributed by atoms with Crippen molar-refractivity contribution in [2.75, 3.05) is 19.7 Å². The Labute approximate surface area is 128 Å². The summed E-state index contributed by atoms with van der Waals surface area (Å²) in [5, 5.41) is 2.97. The Kier molecular flexibility index (Phi) is 4.84. The largest absolute Gasteiger partial charge is 0.367 e. The average molecular weight is 311 g/mol. The fourth-order valence-corrected chi connectivity index (χ4v) is 3.46. The lowest BCUT2D eigenvalue weighted by molar-refractivity contribution is -0.133. The molecule has 2 heterocycles. The first-order valence-corrected chi connectivity index (χ1v) is 7.73. The highest BCUT2D eigenvalue weighted by molar-refractivity contribution is 7.12. The van der Waals surface area contributed by atoms with Gasteiger partial charge in [-0.1, -0.05) is 0 Å². The third-order valence-corrected chi connectivity index (χ3v) is 4.54. The molecule has 2 atom stereocenters. The molecule has 0 aromatic carbocycles. The molecular weight excluding hydrogens is 290 g/mol. The highest BCUT2D eigenvalue weighted by Gasteiger charge is 2.28. The van der Waals surface area contributed by atoms with E-state index in [1.54, 1.807) is 16.2 Å². The number of nitrogens with zero attached hydrogens (tertiary/aromatic N) is 1. The van der Waals surface area contributed by atoms with Crippen LogP contribution in [0.3, 0.4) is 0 Å². The zero-order valence-corrected chi connectivity index (χ0v) is 13.3. The lowest BCUT2D eigenvalue weighted by Gasteiger charge is -2.32. The number of thiophene rings is 1. The lowest BCUT2D eigenvalue weighted by Crippen LogP contribution is -2.53. The summed E-state index contributed by atoms with van der Waals surface area (Å²) >= 11 is 1.72. The molecule has 1 aliphatic heterocycles. The van der Waals surface area contributed by atoms with Crippen LogP contribution in [0.25, 0.3) is 0 Å². The van der Waals surface area contributed by atoms with Crippen LogP contribution in [-0.4, -0.2) is 42.6 Å². The molecule has 2 unspecified atom stereocenters. The zero-order valence-electron chi connectivity index (χ0n) is 12.5. The number of urea groups is 1. The van der Waals surface area contributed by atoms with Crippen LogP contribution >= 0.6 is 11.3 Å². The smallest absolute Gasteiger partial charge is 0.318 e. The third kappa shape index (κ3) is 3.74. The Bertz CT molecular complexity index is 544. The minimum atomic E-state index is -0.718. The van der Waals surface area contributed by atoms with Gasteiger partial charge in [-0.3, -0.25) is 4.79 Å². The number of carbonyl (C=O) groups excluding carboxylic acids is 2. The number of ether oxygens (including phenoxy) is 1. The summed E-state index contributed by atoms with van der Waals surface area (Å²) in [7, 11) is 0. The molecule has 21 heavy (non-hydrogen) atoms. The lowest BCUT2D eigenvalue weighted by atomic mass is 10.1. The van der Waals surface area contributed by atoms with E-state index < -0.39 is 12.0 Å². The molecule has 2 rings (SSSR count). The number of morpholine rings is 1. The van der Waals surface area contributed by atoms with Crippen molar-refractivity contribution >= 4 is 23.3 Å². The molecule has 116 valence electrons. The quantitative estimate of drug-likeness (QED) is 0.883. The van der Waals surface area contributed by atoms with Crippen molar-refractivity contribution in [2.45, 2.75) is 32.9 Å². The number of nitrogens with two attached hydrogens (primary N) is 1. The molecule has 0 spiro atoms. The van der Waals surface area contributed by atoms with Gasteiger partial charge in [-0.15, -0.1) is 11.3 Å². The van der Waals surface area contributed by atoms with E-state index in [1.165, 1.54) is 9.75 Å². The van der Waals surface area contributed by atoms with Crippen LogP contribution in [0.2, 0.25) is 0 Å². The van der Waals surface area contributed by atoms with Gasteiger partial charge < -0.3 is 20.7 Å². The van der Waals surface area contributed by atoms with Gasteiger partial charge in [0.2, 0.25) is 5.91 Å². The van der Waals surface area contributed by atoms with Crippen molar-refractivity contribution in [1.82, 2.24) is 10.2 Å². The van der Waals surface area contributed by atoms with Gasteiger partial charge in [-0.25, -0.2) is 4.79 Å². The molecular formula is C14H21N3O3S. The number of hydrogen-bond acceptors (Lipinski definition) is 4. The van der Waals surface area contributed by atoms with E-state index in [4.69, 9.17) is 10.5 Å². The average Bonchev–Trinajstić information content (AvgIpc) is 2.77. The topological polar surface area (TPSA) is 84.7 Å². The van der Waals surface area contributed by atoms with Crippen molar-refractivity contribution in [3.8, 4) is 0 Å². The Hall–Kier alpha value is -1.60. The van der Waals surface area contributed by atoms with Crippen molar-refractivity contribution in [2.24, 2.45) is 5.73 Å². The molecule has 6 nitrogen and oxygen atoms in total. The molecule has 1 aliphatic rings. The molecule has 1 aromatic rings. The fraction of sp³-hybridized carbons (Fsp3) is 0.571. The highest BCUT2D eigenvalue weighted by atomic mass is 32.1. The first-order chi connectivity index (χ1) is 9.88. The zero-order chi connectivity index (χ0) is 15.6. The second kappa shape index (κ2) is 6.44. The summed E-state index contributed by atoms with van der Waals surface area (Å²) in [6, 6.07) is 1.83. The van der Waals surface area contributed by atoms with E-state index in [9.17, 15) is 9.59 Å². The van der Waals surface area contributed by atoms with Gasteiger partial charge in [0.25, 0.3) is 0 Å². The van der Waals surface area contributed by atoms with Gasteiger partial charge in [-0.05, 0) is 32.4 Å². The standard InChI is InChI=1S/C14H21N3O3S/c1-8-6-11(10(3)21-8)9(2)16-14(19)17-4-5-20-12(7-17)13(15)18/h6,9,12H,4-5,7H2,1-3H3,(H2,15,18)(H,16,19). The van der Waals surface area contributed by atoms with Crippen LogP contribution in [0, 0.1) is 13.8 Å². The monoisotopic (exact) mass is 311 g/mol. The molecule has 1 fully saturated rings. The first kappa shape index (κ1) is 15.8. The predicted octanol–water partition coefficient (Wildman–Crippen LogP) is 1.32. The maximum Gasteiger partial charge on any atom is 0.318 e. The summed E-state index contributed by atoms with van der Waals surface area (Å²) < 4.78 is 5.24. The molecule has 0 aliphatic carbocycles. The first-order valence-electron chi connectivity index (χ1n) is 6.91. The predicted molar refractivity (Wildman–Crippen MR) is 81.2 cm³/mol. The highest BCUT2D eigenvalue weighted by Crippen LogP contribution is 2.26. The molecule has 0 radical (unpaired) electrons. The van der Waals surface area contributed by atoms with E-state index in [2.05, 4.69) is 18.3 Å². The third-order valence-electron chi connectivity index (χ3n) is 3.56. The summed E-state index contributed by atoms with van der Waals surface area (Å²) in [6.45, 7) is 7.05. The van der Waals surface area contributed by atoms with Crippen molar-refractivity contribution < 1.29 is 14.3 Å². The van der Waals surface area contributed by atoms with Gasteiger partial charge in [-0.2, -0.15) is 0 Å². The maximum absolute atomic E-state index is 12.3. The number of primary amides is 1. The Morgan fingerprint density at radius 3 is 2.81 bits per heavy atom. The molecule has 0 bridgehead atoms. The minimum absolute atomic E-state index is 0.0719. The fourth-order valence-electron chi connectivity index (χ4n) is 2.44. The minimum Gasteiger partial charge on any atom is -0.367 e. The summed E-state index contributed by atoms with van der Waals surface area (Å²) in [5.41, 5.74) is 6.35. The van der Waals surface area contributed by atoms with Crippen molar-refractivity contribution in [3.63, 3.8) is 0 Å². The molecule has 3 amide bonds. The van der Waals surface area contributed by atoms with Crippen LogP contribution in [0.4, 0.5) is 4.79 Å². The summed E-state index contributed by atoms with van der Waals surface area (Å²) in [5.74, 6) is -0.537. The normalized spacial score (nSPS) is 20.1. The SMILES string of the molecule is Cc1cc(C(C)NC(=O)N2CCOC(C(N)=O)C2)c(C)s1.